The Morgan fingerprint density at radius 2 is 1.96 bits per heavy atom. The number of ether oxygens (including phenoxy) is 1. The van der Waals surface area contributed by atoms with Gasteiger partial charge in [-0.25, -0.2) is 9.97 Å². The number of halogens is 1. The van der Waals surface area contributed by atoms with E-state index < -0.39 is 0 Å². The second-order valence-corrected chi connectivity index (χ2v) is 7.59. The Balaban J connectivity index is 1.59. The molecule has 0 bridgehead atoms. The summed E-state index contributed by atoms with van der Waals surface area (Å²) in [7, 11) is 0. The Labute approximate surface area is 165 Å². The summed E-state index contributed by atoms with van der Waals surface area (Å²) in [5.74, 6) is 2.42. The van der Waals surface area contributed by atoms with Gasteiger partial charge in [0.2, 0.25) is 0 Å². The maximum absolute atomic E-state index is 6.58. The highest BCUT2D eigenvalue weighted by Crippen LogP contribution is 2.39. The van der Waals surface area contributed by atoms with Crippen molar-refractivity contribution in [2.24, 2.45) is 0 Å². The number of nitrogens with zero attached hydrogens (tertiary/aromatic N) is 6. The maximum atomic E-state index is 6.58. The molecule has 9 heteroatoms. The highest BCUT2D eigenvalue weighted by atomic mass is 35.5. The lowest BCUT2D eigenvalue weighted by Crippen LogP contribution is -2.37. The summed E-state index contributed by atoms with van der Waals surface area (Å²) in [6.07, 6.45) is 3.97. The van der Waals surface area contributed by atoms with Gasteiger partial charge >= 0.3 is 0 Å². The number of anilines is 1. The van der Waals surface area contributed by atoms with E-state index in [0.717, 1.165) is 48.5 Å². The number of morpholine rings is 1. The zero-order valence-electron chi connectivity index (χ0n) is 15.0. The topological polar surface area (TPSA) is 81.6 Å². The first-order valence-electron chi connectivity index (χ1n) is 9.41. The van der Waals surface area contributed by atoms with Crippen molar-refractivity contribution in [1.82, 2.24) is 24.5 Å². The molecule has 1 aliphatic heterocycles. The lowest BCUT2D eigenvalue weighted by Gasteiger charge is -2.29. The molecule has 3 aromatic heterocycles. The molecule has 0 unspecified atom stereocenters. The van der Waals surface area contributed by atoms with E-state index in [4.69, 9.17) is 25.8 Å². The molecule has 1 saturated heterocycles. The number of imidazole rings is 1. The van der Waals surface area contributed by atoms with Gasteiger partial charge in [0.25, 0.3) is 5.89 Å². The van der Waals surface area contributed by atoms with Crippen LogP contribution in [0.5, 0.6) is 0 Å². The molecule has 2 fully saturated rings. The molecule has 4 heterocycles. The zero-order chi connectivity index (χ0) is 18.7. The average molecular weight is 397 g/mol. The van der Waals surface area contributed by atoms with Gasteiger partial charge in [0.15, 0.2) is 17.2 Å². The minimum absolute atomic E-state index is 0.409. The van der Waals surface area contributed by atoms with Crippen LogP contribution in [0.4, 0.5) is 5.82 Å². The van der Waals surface area contributed by atoms with Crippen molar-refractivity contribution < 1.29 is 9.26 Å². The molecule has 0 amide bonds. The van der Waals surface area contributed by atoms with Gasteiger partial charge in [0.1, 0.15) is 12.1 Å². The van der Waals surface area contributed by atoms with Crippen LogP contribution >= 0.6 is 11.6 Å². The molecule has 2 aliphatic rings. The first kappa shape index (κ1) is 16.3. The molecule has 142 valence electrons. The van der Waals surface area contributed by atoms with Crippen LogP contribution in [0.3, 0.4) is 0 Å². The minimum Gasteiger partial charge on any atom is -0.378 e. The van der Waals surface area contributed by atoms with Crippen molar-refractivity contribution in [3.05, 3.63) is 35.4 Å². The first-order valence-corrected chi connectivity index (χ1v) is 9.79. The van der Waals surface area contributed by atoms with Crippen LogP contribution in [0, 0.1) is 0 Å². The van der Waals surface area contributed by atoms with Crippen molar-refractivity contribution in [2.75, 3.05) is 31.2 Å². The number of hydrogen-bond donors (Lipinski definition) is 0. The largest absolute Gasteiger partial charge is 0.378 e. The van der Waals surface area contributed by atoms with Gasteiger partial charge in [-0.05, 0) is 25.0 Å². The van der Waals surface area contributed by atoms with Crippen LogP contribution in [-0.2, 0) is 4.74 Å². The predicted octanol–water partition coefficient (Wildman–Crippen LogP) is 3.30. The second-order valence-electron chi connectivity index (χ2n) is 7.19. The van der Waals surface area contributed by atoms with Gasteiger partial charge in [-0.2, -0.15) is 4.98 Å². The van der Waals surface area contributed by atoms with Gasteiger partial charge in [0, 0.05) is 19.0 Å². The fourth-order valence-corrected chi connectivity index (χ4v) is 3.96. The summed E-state index contributed by atoms with van der Waals surface area (Å²) in [5, 5.41) is 5.69. The molecular weight excluding hydrogens is 380 g/mol. The first-order chi connectivity index (χ1) is 13.8. The number of fused-ring (bicyclic) bond motifs is 3. The molecule has 0 spiro atoms. The van der Waals surface area contributed by atoms with Gasteiger partial charge < -0.3 is 14.2 Å². The Hall–Kier alpha value is -2.71. The number of aromatic nitrogens is 5. The molecule has 8 nitrogen and oxygen atoms in total. The van der Waals surface area contributed by atoms with E-state index in [1.807, 2.05) is 22.6 Å². The Kier molecular flexibility index (Phi) is 3.57. The molecule has 0 radical (unpaired) electrons. The highest BCUT2D eigenvalue weighted by Gasteiger charge is 2.30. The van der Waals surface area contributed by atoms with E-state index >= 15 is 0 Å². The Morgan fingerprint density at radius 3 is 2.79 bits per heavy atom. The number of rotatable bonds is 3. The van der Waals surface area contributed by atoms with Crippen molar-refractivity contribution in [3.63, 3.8) is 0 Å². The van der Waals surface area contributed by atoms with Crippen LogP contribution in [0.15, 0.2) is 29.0 Å². The molecule has 6 rings (SSSR count). The fourth-order valence-electron chi connectivity index (χ4n) is 3.71. The monoisotopic (exact) mass is 396 g/mol. The molecule has 0 atom stereocenters. The van der Waals surface area contributed by atoms with E-state index in [9.17, 15) is 0 Å². The molecule has 28 heavy (non-hydrogen) atoms. The van der Waals surface area contributed by atoms with Gasteiger partial charge in [-0.1, -0.05) is 22.8 Å². The average Bonchev–Trinajstić information content (AvgIpc) is 3.30. The van der Waals surface area contributed by atoms with Crippen LogP contribution < -0.4 is 4.90 Å². The summed E-state index contributed by atoms with van der Waals surface area (Å²) in [6, 6.07) is 5.85. The van der Waals surface area contributed by atoms with Crippen molar-refractivity contribution in [1.29, 1.82) is 0 Å². The smallest absolute Gasteiger partial charge is 0.280 e. The van der Waals surface area contributed by atoms with Crippen LogP contribution in [-0.4, -0.2) is 50.8 Å². The standard InChI is InChI=1S/C19H17ClN6O2/c20-12-2-1-3-13-14(12)17(25-6-8-27-9-7-25)23-18-15(21-10-26(13)18)19-22-16(24-28-19)11-4-5-11/h1-3,10-11H,4-9H2. The van der Waals surface area contributed by atoms with E-state index in [1.54, 1.807) is 6.33 Å². The van der Waals surface area contributed by atoms with Crippen molar-refractivity contribution in [3.8, 4) is 11.6 Å². The van der Waals surface area contributed by atoms with E-state index in [1.165, 1.54) is 0 Å². The van der Waals surface area contributed by atoms with Gasteiger partial charge in [0.05, 0.1) is 29.1 Å². The van der Waals surface area contributed by atoms with Crippen LogP contribution in [0.25, 0.3) is 28.1 Å². The number of hydrogen-bond acceptors (Lipinski definition) is 7. The molecular formula is C19H17ClN6O2. The normalized spacial score (nSPS) is 17.7. The van der Waals surface area contributed by atoms with Gasteiger partial charge in [-0.3, -0.25) is 4.40 Å². The molecule has 4 aromatic rings. The molecule has 1 aromatic carbocycles. The molecule has 1 saturated carbocycles. The lowest BCUT2D eigenvalue weighted by atomic mass is 10.2. The molecule has 0 N–H and O–H groups in total. The zero-order valence-corrected chi connectivity index (χ0v) is 15.8. The summed E-state index contributed by atoms with van der Waals surface area (Å²) < 4.78 is 12.9. The van der Waals surface area contributed by atoms with Crippen LogP contribution in [0.1, 0.15) is 24.6 Å². The van der Waals surface area contributed by atoms with Crippen molar-refractivity contribution in [2.45, 2.75) is 18.8 Å². The predicted molar refractivity (Wildman–Crippen MR) is 104 cm³/mol. The maximum Gasteiger partial charge on any atom is 0.280 e. The SMILES string of the molecule is Clc1cccc2c1c(N1CCOCC1)nc1c(-c3nc(C4CC4)no3)ncn12. The minimum atomic E-state index is 0.409. The summed E-state index contributed by atoms with van der Waals surface area (Å²) >= 11 is 6.58. The molecule has 1 aliphatic carbocycles. The third-order valence-corrected chi connectivity index (χ3v) is 5.64. The fraction of sp³-hybridized carbons (Fsp3) is 0.368. The van der Waals surface area contributed by atoms with Crippen molar-refractivity contribution >= 4 is 34.0 Å². The van der Waals surface area contributed by atoms with E-state index in [0.29, 0.717) is 41.4 Å². The summed E-state index contributed by atoms with van der Waals surface area (Å²) in [5.41, 5.74) is 2.22. The summed E-state index contributed by atoms with van der Waals surface area (Å²) in [6.45, 7) is 2.86. The quantitative estimate of drug-likeness (QED) is 0.525. The highest BCUT2D eigenvalue weighted by molar-refractivity contribution is 6.36. The van der Waals surface area contributed by atoms with Crippen LogP contribution in [0.2, 0.25) is 5.02 Å². The lowest BCUT2D eigenvalue weighted by molar-refractivity contribution is 0.122. The van der Waals surface area contributed by atoms with E-state index in [-0.39, 0.29) is 0 Å². The van der Waals surface area contributed by atoms with E-state index in [2.05, 4.69) is 20.0 Å². The number of benzene rings is 1. The second kappa shape index (κ2) is 6.15. The Morgan fingerprint density at radius 1 is 1.11 bits per heavy atom. The van der Waals surface area contributed by atoms with Gasteiger partial charge in [-0.15, -0.1) is 0 Å². The third kappa shape index (κ3) is 2.48. The summed E-state index contributed by atoms with van der Waals surface area (Å²) in [4.78, 5) is 16.3. The third-order valence-electron chi connectivity index (χ3n) is 5.33. The Bertz CT molecular complexity index is 1190.